The van der Waals surface area contributed by atoms with Crippen molar-refractivity contribution in [2.75, 3.05) is 18.1 Å². The van der Waals surface area contributed by atoms with E-state index in [-0.39, 0.29) is 30.4 Å². The summed E-state index contributed by atoms with van der Waals surface area (Å²) in [5.41, 5.74) is 0.873. The van der Waals surface area contributed by atoms with Crippen LogP contribution >= 0.6 is 0 Å². The van der Waals surface area contributed by atoms with Crippen molar-refractivity contribution in [3.63, 3.8) is 0 Å². The van der Waals surface area contributed by atoms with Crippen molar-refractivity contribution in [3.05, 3.63) is 82.5 Å². The lowest BCUT2D eigenvalue weighted by Gasteiger charge is -2.24. The Morgan fingerprint density at radius 2 is 1.81 bits per heavy atom. The van der Waals surface area contributed by atoms with Crippen LogP contribution in [0, 0.1) is 6.92 Å². The zero-order chi connectivity index (χ0) is 22.5. The highest BCUT2D eigenvalue weighted by Crippen LogP contribution is 2.29. The molecule has 0 bridgehead atoms. The number of aromatic amines is 1. The molecule has 0 aliphatic heterocycles. The number of H-pyrrole nitrogens is 1. The van der Waals surface area contributed by atoms with Crippen molar-refractivity contribution in [1.29, 1.82) is 0 Å². The fraction of sp³-hybridized carbons (Fsp3) is 0.217. The van der Waals surface area contributed by atoms with E-state index in [4.69, 9.17) is 9.47 Å². The van der Waals surface area contributed by atoms with E-state index in [1.165, 1.54) is 15.5 Å². The lowest BCUT2D eigenvalue weighted by atomic mass is 10.2. The molecule has 9 nitrogen and oxygen atoms in total. The monoisotopic (exact) mass is 433 g/mol. The largest absolute Gasteiger partial charge is 0.492 e. The molecule has 0 spiro atoms. The second-order valence-corrected chi connectivity index (χ2v) is 7.02. The van der Waals surface area contributed by atoms with Crippen LogP contribution in [0.5, 0.6) is 11.5 Å². The van der Waals surface area contributed by atoms with Gasteiger partial charge in [0, 0.05) is 11.8 Å². The molecule has 32 heavy (non-hydrogen) atoms. The molecule has 1 N–H and O–H groups in total. The summed E-state index contributed by atoms with van der Waals surface area (Å²) in [6.07, 6.45) is 0. The van der Waals surface area contributed by atoms with Crippen LogP contribution in [-0.4, -0.2) is 38.7 Å². The van der Waals surface area contributed by atoms with E-state index >= 15 is 0 Å². The molecule has 0 aliphatic rings. The Bertz CT molecular complexity index is 1280. The van der Waals surface area contributed by atoms with Crippen molar-refractivity contribution in [2.45, 2.75) is 20.4 Å². The van der Waals surface area contributed by atoms with Gasteiger partial charge in [0.2, 0.25) is 0 Å². The summed E-state index contributed by atoms with van der Waals surface area (Å²) in [5.74, 6) is 1.51. The fourth-order valence-corrected chi connectivity index (χ4v) is 3.26. The smallest absolute Gasteiger partial charge is 0.274 e. The van der Waals surface area contributed by atoms with Crippen molar-refractivity contribution in [1.82, 2.24) is 19.6 Å². The molecule has 1 amide bonds. The van der Waals surface area contributed by atoms with E-state index in [1.54, 1.807) is 31.2 Å². The SMILES string of the molecule is CCOc1ccccc1N(Cc1nc2nc(C)cc(=O)n2[nH]1)C(=O)COc1ccccc1. The number of fused-ring (bicyclic) bond motifs is 1. The Morgan fingerprint density at radius 1 is 1.06 bits per heavy atom. The number of rotatable bonds is 8. The Labute approximate surface area is 184 Å². The van der Waals surface area contributed by atoms with E-state index in [9.17, 15) is 9.59 Å². The molecule has 4 aromatic rings. The molecular formula is C23H23N5O4. The number of anilines is 1. The summed E-state index contributed by atoms with van der Waals surface area (Å²) in [5, 5.41) is 2.93. The predicted octanol–water partition coefficient (Wildman–Crippen LogP) is 2.74. The van der Waals surface area contributed by atoms with Gasteiger partial charge in [-0.15, -0.1) is 0 Å². The molecule has 0 fully saturated rings. The number of amides is 1. The lowest BCUT2D eigenvalue weighted by Crippen LogP contribution is -2.35. The topological polar surface area (TPSA) is 102 Å². The predicted molar refractivity (Wildman–Crippen MR) is 119 cm³/mol. The number of benzene rings is 2. The van der Waals surface area contributed by atoms with Crippen LogP contribution in [0.1, 0.15) is 18.4 Å². The molecule has 0 aliphatic carbocycles. The summed E-state index contributed by atoms with van der Waals surface area (Å²) >= 11 is 0. The second kappa shape index (κ2) is 9.34. The first-order valence-electron chi connectivity index (χ1n) is 10.2. The Morgan fingerprint density at radius 3 is 2.59 bits per heavy atom. The van der Waals surface area contributed by atoms with Gasteiger partial charge >= 0.3 is 0 Å². The maximum absolute atomic E-state index is 13.2. The van der Waals surface area contributed by atoms with Crippen molar-refractivity contribution in [3.8, 4) is 11.5 Å². The zero-order valence-electron chi connectivity index (χ0n) is 17.8. The number of aryl methyl sites for hydroxylation is 1. The van der Waals surface area contributed by atoms with Gasteiger partial charge in [-0.1, -0.05) is 30.3 Å². The van der Waals surface area contributed by atoms with Gasteiger partial charge in [0.15, 0.2) is 6.61 Å². The molecule has 2 aromatic heterocycles. The third kappa shape index (κ3) is 4.61. The highest BCUT2D eigenvalue weighted by molar-refractivity contribution is 5.95. The number of nitrogens with zero attached hydrogens (tertiary/aromatic N) is 4. The number of para-hydroxylation sites is 3. The first-order chi connectivity index (χ1) is 15.5. The lowest BCUT2D eigenvalue weighted by molar-refractivity contribution is -0.120. The average Bonchev–Trinajstić information content (AvgIpc) is 3.20. The third-order valence-electron chi connectivity index (χ3n) is 4.68. The van der Waals surface area contributed by atoms with Crippen molar-refractivity contribution in [2.24, 2.45) is 0 Å². The highest BCUT2D eigenvalue weighted by Gasteiger charge is 2.22. The Hall–Kier alpha value is -4.14. The van der Waals surface area contributed by atoms with Crippen LogP contribution in [0.2, 0.25) is 0 Å². The number of carbonyl (C=O) groups excluding carboxylic acids is 1. The van der Waals surface area contributed by atoms with E-state index in [0.717, 1.165) is 0 Å². The van der Waals surface area contributed by atoms with Gasteiger partial charge in [-0.25, -0.2) is 4.98 Å². The standard InChI is InChI=1S/C23H23N5O4/c1-3-31-19-12-8-7-11-18(19)27(22(30)15-32-17-9-5-4-6-10-17)14-20-25-23-24-16(2)13-21(29)28(23)26-20/h4-13H,3,14-15H2,1-2H3,(H,24,25,26). The molecule has 2 heterocycles. The van der Waals surface area contributed by atoms with Gasteiger partial charge in [-0.2, -0.15) is 9.50 Å². The van der Waals surface area contributed by atoms with Crippen LogP contribution in [0.4, 0.5) is 5.69 Å². The van der Waals surface area contributed by atoms with Gasteiger partial charge in [0.25, 0.3) is 17.2 Å². The minimum Gasteiger partial charge on any atom is -0.492 e. The molecule has 4 rings (SSSR count). The van der Waals surface area contributed by atoms with Gasteiger partial charge in [-0.3, -0.25) is 19.6 Å². The summed E-state index contributed by atoms with van der Waals surface area (Å²) < 4.78 is 12.7. The van der Waals surface area contributed by atoms with E-state index in [2.05, 4.69) is 15.1 Å². The molecule has 9 heteroatoms. The minimum absolute atomic E-state index is 0.0723. The van der Waals surface area contributed by atoms with Crippen LogP contribution in [0.3, 0.4) is 0 Å². The Balaban J connectivity index is 1.66. The second-order valence-electron chi connectivity index (χ2n) is 7.02. The van der Waals surface area contributed by atoms with Gasteiger partial charge in [0.05, 0.1) is 18.8 Å². The molecule has 164 valence electrons. The summed E-state index contributed by atoms with van der Waals surface area (Å²) in [6, 6.07) is 17.8. The highest BCUT2D eigenvalue weighted by atomic mass is 16.5. The fourth-order valence-electron chi connectivity index (χ4n) is 3.26. The normalized spacial score (nSPS) is 10.8. The van der Waals surface area contributed by atoms with Crippen molar-refractivity contribution < 1.29 is 14.3 Å². The molecule has 0 saturated heterocycles. The number of hydrogen-bond donors (Lipinski definition) is 1. The van der Waals surface area contributed by atoms with E-state index in [1.807, 2.05) is 37.3 Å². The maximum Gasteiger partial charge on any atom is 0.274 e. The van der Waals surface area contributed by atoms with Crippen molar-refractivity contribution >= 4 is 17.4 Å². The number of carbonyl (C=O) groups is 1. The van der Waals surface area contributed by atoms with Crippen LogP contribution in [0.25, 0.3) is 5.78 Å². The molecule has 2 aromatic carbocycles. The van der Waals surface area contributed by atoms with Crippen LogP contribution < -0.4 is 19.9 Å². The number of ether oxygens (including phenoxy) is 2. The summed E-state index contributed by atoms with van der Waals surface area (Å²) in [7, 11) is 0. The molecular weight excluding hydrogens is 410 g/mol. The number of nitrogens with one attached hydrogen (secondary N) is 1. The quantitative estimate of drug-likeness (QED) is 0.458. The maximum atomic E-state index is 13.2. The van der Waals surface area contributed by atoms with E-state index in [0.29, 0.717) is 35.3 Å². The summed E-state index contributed by atoms with van der Waals surface area (Å²) in [6.45, 7) is 3.94. The van der Waals surface area contributed by atoms with Gasteiger partial charge in [0.1, 0.15) is 17.3 Å². The number of aromatic nitrogens is 4. The molecule has 0 atom stereocenters. The van der Waals surface area contributed by atoms with E-state index < -0.39 is 0 Å². The molecule has 0 unspecified atom stereocenters. The minimum atomic E-state index is -0.294. The van der Waals surface area contributed by atoms with Gasteiger partial charge < -0.3 is 9.47 Å². The Kier molecular flexibility index (Phi) is 6.16. The molecule has 0 saturated carbocycles. The van der Waals surface area contributed by atoms with Crippen LogP contribution in [-0.2, 0) is 11.3 Å². The summed E-state index contributed by atoms with van der Waals surface area (Å²) in [4.78, 5) is 35.7. The van der Waals surface area contributed by atoms with Gasteiger partial charge in [-0.05, 0) is 38.1 Å². The first-order valence-corrected chi connectivity index (χ1v) is 10.2. The first kappa shape index (κ1) is 21.1. The average molecular weight is 433 g/mol. The zero-order valence-corrected chi connectivity index (χ0v) is 17.8. The number of hydrogen-bond acceptors (Lipinski definition) is 6. The third-order valence-corrected chi connectivity index (χ3v) is 4.68. The van der Waals surface area contributed by atoms with Crippen LogP contribution in [0.15, 0.2) is 65.5 Å². The molecule has 0 radical (unpaired) electrons.